The van der Waals surface area contributed by atoms with Crippen LogP contribution in [-0.2, 0) is 4.79 Å². The van der Waals surface area contributed by atoms with Crippen molar-refractivity contribution in [2.45, 2.75) is 32.1 Å². The fraction of sp³-hybridized carbons (Fsp3) is 0.583. The maximum absolute atomic E-state index is 11.6. The van der Waals surface area contributed by atoms with Crippen molar-refractivity contribution in [3.8, 4) is 0 Å². The lowest BCUT2D eigenvalue weighted by molar-refractivity contribution is -0.132. The molecule has 2 rings (SSSR count). The molecule has 1 aliphatic rings. The first-order valence-electron chi connectivity index (χ1n) is 5.86. The lowest BCUT2D eigenvalue weighted by atomic mass is 9.97. The molecule has 1 atom stereocenters. The molecule has 0 bridgehead atoms. The van der Waals surface area contributed by atoms with E-state index < -0.39 is 0 Å². The van der Waals surface area contributed by atoms with Gasteiger partial charge in [-0.2, -0.15) is 0 Å². The quantitative estimate of drug-likeness (QED) is 0.759. The van der Waals surface area contributed by atoms with Crippen molar-refractivity contribution in [2.75, 3.05) is 13.1 Å². The Kier molecular flexibility index (Phi) is 3.49. The van der Waals surface area contributed by atoms with E-state index in [2.05, 4.69) is 9.97 Å². The fourth-order valence-corrected chi connectivity index (χ4v) is 2.16. The zero-order valence-electron chi connectivity index (χ0n) is 9.59. The molecular weight excluding hydrogens is 202 g/mol. The summed E-state index contributed by atoms with van der Waals surface area (Å²) >= 11 is 0. The van der Waals surface area contributed by atoms with Crippen LogP contribution < -0.4 is 0 Å². The monoisotopic (exact) mass is 219 g/mol. The predicted octanol–water partition coefficient (Wildman–Crippen LogP) is 1.59. The van der Waals surface area contributed by atoms with Crippen LogP contribution in [0.2, 0.25) is 0 Å². The Balaban J connectivity index is 2.05. The Morgan fingerprint density at radius 2 is 2.25 bits per heavy atom. The summed E-state index contributed by atoms with van der Waals surface area (Å²) in [7, 11) is 0. The maximum Gasteiger partial charge on any atom is 0.222 e. The molecule has 1 aromatic rings. The number of hydrogen-bond donors (Lipinski definition) is 0. The Bertz CT molecular complexity index is 353. The Labute approximate surface area is 95.7 Å². The Hall–Kier alpha value is -1.45. The minimum Gasteiger partial charge on any atom is -0.342 e. The molecule has 0 N–H and O–H groups in total. The smallest absolute Gasteiger partial charge is 0.222 e. The average Bonchev–Trinajstić information content (AvgIpc) is 2.39. The third-order valence-corrected chi connectivity index (χ3v) is 3.03. The molecule has 1 aromatic heterocycles. The van der Waals surface area contributed by atoms with E-state index in [0.717, 1.165) is 31.8 Å². The lowest BCUT2D eigenvalue weighted by Gasteiger charge is -2.31. The van der Waals surface area contributed by atoms with E-state index in [9.17, 15) is 4.79 Å². The zero-order chi connectivity index (χ0) is 11.4. The molecule has 1 amide bonds. The number of rotatable bonds is 2. The largest absolute Gasteiger partial charge is 0.342 e. The standard InChI is InChI=1S/C12H17N3O/c1-2-11(16)15-8-3-5-10(9-15)12-13-6-4-7-14-12/h4,6-7,10H,2-3,5,8-9H2,1H3. The first-order chi connectivity index (χ1) is 7.81. The summed E-state index contributed by atoms with van der Waals surface area (Å²) in [6, 6.07) is 1.82. The van der Waals surface area contributed by atoms with Gasteiger partial charge >= 0.3 is 0 Å². The van der Waals surface area contributed by atoms with Crippen molar-refractivity contribution in [3.63, 3.8) is 0 Å². The van der Waals surface area contributed by atoms with Crippen molar-refractivity contribution >= 4 is 5.91 Å². The minimum absolute atomic E-state index is 0.237. The van der Waals surface area contributed by atoms with Crippen LogP contribution in [0.3, 0.4) is 0 Å². The van der Waals surface area contributed by atoms with Gasteiger partial charge in [0.05, 0.1) is 0 Å². The summed E-state index contributed by atoms with van der Waals surface area (Å²) in [6.45, 7) is 3.57. The van der Waals surface area contributed by atoms with E-state index >= 15 is 0 Å². The van der Waals surface area contributed by atoms with Gasteiger partial charge in [-0.25, -0.2) is 9.97 Å². The lowest BCUT2D eigenvalue weighted by Crippen LogP contribution is -2.39. The molecule has 1 fully saturated rings. The summed E-state index contributed by atoms with van der Waals surface area (Å²) in [4.78, 5) is 22.1. The predicted molar refractivity (Wildman–Crippen MR) is 60.9 cm³/mol. The number of nitrogens with zero attached hydrogens (tertiary/aromatic N) is 3. The normalized spacial score (nSPS) is 20.8. The first-order valence-corrected chi connectivity index (χ1v) is 5.86. The van der Waals surface area contributed by atoms with E-state index in [-0.39, 0.29) is 5.91 Å². The third-order valence-electron chi connectivity index (χ3n) is 3.03. The van der Waals surface area contributed by atoms with Gasteiger partial charge in [0.1, 0.15) is 5.82 Å². The third kappa shape index (κ3) is 2.38. The summed E-state index contributed by atoms with van der Waals surface area (Å²) in [5, 5.41) is 0. The number of amides is 1. The molecule has 0 spiro atoms. The van der Waals surface area contributed by atoms with Gasteiger partial charge in [0, 0.05) is 37.8 Å². The van der Waals surface area contributed by atoms with Crippen molar-refractivity contribution in [3.05, 3.63) is 24.3 Å². The van der Waals surface area contributed by atoms with Gasteiger partial charge in [0.25, 0.3) is 0 Å². The molecule has 1 aliphatic heterocycles. The van der Waals surface area contributed by atoms with E-state index in [4.69, 9.17) is 0 Å². The molecule has 4 heteroatoms. The highest BCUT2D eigenvalue weighted by Gasteiger charge is 2.25. The van der Waals surface area contributed by atoms with Crippen LogP contribution in [0.4, 0.5) is 0 Å². The topological polar surface area (TPSA) is 46.1 Å². The van der Waals surface area contributed by atoms with Gasteiger partial charge in [-0.3, -0.25) is 4.79 Å². The van der Waals surface area contributed by atoms with Crippen molar-refractivity contribution in [1.82, 2.24) is 14.9 Å². The molecule has 2 heterocycles. The van der Waals surface area contributed by atoms with E-state index in [1.165, 1.54) is 0 Å². The molecule has 0 radical (unpaired) electrons. The number of aromatic nitrogens is 2. The molecule has 4 nitrogen and oxygen atoms in total. The van der Waals surface area contributed by atoms with Gasteiger partial charge in [-0.15, -0.1) is 0 Å². The van der Waals surface area contributed by atoms with E-state index in [0.29, 0.717) is 12.3 Å². The van der Waals surface area contributed by atoms with Gasteiger partial charge in [0.2, 0.25) is 5.91 Å². The van der Waals surface area contributed by atoms with Crippen LogP contribution in [-0.4, -0.2) is 33.9 Å². The van der Waals surface area contributed by atoms with Crippen LogP contribution >= 0.6 is 0 Å². The van der Waals surface area contributed by atoms with E-state index in [1.54, 1.807) is 12.4 Å². The van der Waals surface area contributed by atoms with Gasteiger partial charge in [-0.05, 0) is 18.9 Å². The summed E-state index contributed by atoms with van der Waals surface area (Å²) in [6.07, 6.45) is 6.25. The molecule has 86 valence electrons. The number of carbonyl (C=O) groups is 1. The molecule has 0 aromatic carbocycles. The second-order valence-corrected chi connectivity index (χ2v) is 4.14. The summed E-state index contributed by atoms with van der Waals surface area (Å²) in [5.74, 6) is 1.42. The van der Waals surface area contributed by atoms with Crippen LogP contribution in [0.1, 0.15) is 37.9 Å². The number of piperidine rings is 1. The van der Waals surface area contributed by atoms with Crippen LogP contribution in [0, 0.1) is 0 Å². The van der Waals surface area contributed by atoms with Crippen molar-refractivity contribution in [1.29, 1.82) is 0 Å². The SMILES string of the molecule is CCC(=O)N1CCCC(c2ncccn2)C1. The van der Waals surface area contributed by atoms with Crippen LogP contribution in [0.5, 0.6) is 0 Å². The second-order valence-electron chi connectivity index (χ2n) is 4.14. The van der Waals surface area contributed by atoms with Crippen LogP contribution in [0.15, 0.2) is 18.5 Å². The van der Waals surface area contributed by atoms with Gasteiger partial charge < -0.3 is 4.90 Å². The number of likely N-dealkylation sites (tertiary alicyclic amines) is 1. The Morgan fingerprint density at radius 3 is 2.94 bits per heavy atom. The van der Waals surface area contributed by atoms with Crippen molar-refractivity contribution in [2.24, 2.45) is 0 Å². The second kappa shape index (κ2) is 5.05. The molecule has 0 aliphatic carbocycles. The van der Waals surface area contributed by atoms with Gasteiger partial charge in [-0.1, -0.05) is 6.92 Å². The molecule has 0 saturated carbocycles. The Morgan fingerprint density at radius 1 is 1.50 bits per heavy atom. The molecule has 16 heavy (non-hydrogen) atoms. The highest BCUT2D eigenvalue weighted by Crippen LogP contribution is 2.24. The first kappa shape index (κ1) is 11.0. The highest BCUT2D eigenvalue weighted by molar-refractivity contribution is 5.75. The average molecular weight is 219 g/mol. The highest BCUT2D eigenvalue weighted by atomic mass is 16.2. The van der Waals surface area contributed by atoms with Crippen LogP contribution in [0.25, 0.3) is 0 Å². The maximum atomic E-state index is 11.6. The summed E-state index contributed by atoms with van der Waals surface area (Å²) in [5.41, 5.74) is 0. The van der Waals surface area contributed by atoms with E-state index in [1.807, 2.05) is 17.9 Å². The van der Waals surface area contributed by atoms with Crippen molar-refractivity contribution < 1.29 is 4.79 Å². The minimum atomic E-state index is 0.237. The zero-order valence-corrected chi connectivity index (χ0v) is 9.59. The number of hydrogen-bond acceptors (Lipinski definition) is 3. The number of carbonyl (C=O) groups excluding carboxylic acids is 1. The molecule has 1 unspecified atom stereocenters. The fourth-order valence-electron chi connectivity index (χ4n) is 2.16. The summed E-state index contributed by atoms with van der Waals surface area (Å²) < 4.78 is 0. The van der Waals surface area contributed by atoms with Gasteiger partial charge in [0.15, 0.2) is 0 Å². The molecular formula is C12H17N3O. The molecule has 1 saturated heterocycles.